The van der Waals surface area contributed by atoms with Crippen LogP contribution in [0, 0.1) is 5.92 Å². The fourth-order valence-corrected chi connectivity index (χ4v) is 3.11. The highest BCUT2D eigenvalue weighted by Gasteiger charge is 2.27. The largest absolute Gasteiger partial charge is 0.378 e. The molecule has 1 aliphatic heterocycles. The van der Waals surface area contributed by atoms with Crippen molar-refractivity contribution in [2.45, 2.75) is 19.4 Å². The van der Waals surface area contributed by atoms with Gasteiger partial charge in [0.1, 0.15) is 0 Å². The minimum absolute atomic E-state index is 0.240. The van der Waals surface area contributed by atoms with Crippen molar-refractivity contribution in [1.29, 1.82) is 0 Å². The molecule has 132 valence electrons. The van der Waals surface area contributed by atoms with Crippen molar-refractivity contribution in [2.24, 2.45) is 5.92 Å². The van der Waals surface area contributed by atoms with E-state index in [1.54, 1.807) is 0 Å². The summed E-state index contributed by atoms with van der Waals surface area (Å²) >= 11 is 0. The molecule has 1 aromatic rings. The Morgan fingerprint density at radius 3 is 2.42 bits per heavy atom. The van der Waals surface area contributed by atoms with Gasteiger partial charge in [-0.1, -0.05) is 12.1 Å². The Labute approximate surface area is 145 Å². The monoisotopic (exact) mass is 331 g/mol. The second-order valence-electron chi connectivity index (χ2n) is 7.17. The van der Waals surface area contributed by atoms with Crippen LogP contribution in [0.15, 0.2) is 24.3 Å². The Bertz CT molecular complexity index is 534. The fourth-order valence-electron chi connectivity index (χ4n) is 3.11. The van der Waals surface area contributed by atoms with Gasteiger partial charge in [-0.05, 0) is 36.5 Å². The van der Waals surface area contributed by atoms with Crippen LogP contribution in [0.1, 0.15) is 18.4 Å². The van der Waals surface area contributed by atoms with Crippen LogP contribution in [0.5, 0.6) is 0 Å². The number of morpholine rings is 1. The third-order valence-electron chi connectivity index (χ3n) is 4.79. The number of benzene rings is 1. The molecule has 5 heteroatoms. The SMILES string of the molecule is CN(C)c1ccc(CN(CC(=O)N2CCOCC2)CC2CC2)cc1. The Balaban J connectivity index is 1.59. The molecule has 5 nitrogen and oxygen atoms in total. The number of nitrogens with zero attached hydrogens (tertiary/aromatic N) is 3. The first-order valence-corrected chi connectivity index (χ1v) is 8.96. The summed E-state index contributed by atoms with van der Waals surface area (Å²) in [7, 11) is 4.10. The third kappa shape index (κ3) is 4.95. The maximum Gasteiger partial charge on any atom is 0.236 e. The van der Waals surface area contributed by atoms with E-state index in [0.717, 1.165) is 32.1 Å². The van der Waals surface area contributed by atoms with Crippen molar-refractivity contribution < 1.29 is 9.53 Å². The van der Waals surface area contributed by atoms with Gasteiger partial charge >= 0.3 is 0 Å². The van der Waals surface area contributed by atoms with Crippen molar-refractivity contribution in [3.05, 3.63) is 29.8 Å². The van der Waals surface area contributed by atoms with E-state index in [2.05, 4.69) is 48.2 Å². The van der Waals surface area contributed by atoms with Crippen LogP contribution in [0.4, 0.5) is 5.69 Å². The highest BCUT2D eigenvalue weighted by atomic mass is 16.5. The fraction of sp³-hybridized carbons (Fsp3) is 0.632. The molecule has 0 N–H and O–H groups in total. The van der Waals surface area contributed by atoms with Gasteiger partial charge < -0.3 is 14.5 Å². The van der Waals surface area contributed by atoms with Gasteiger partial charge in [-0.15, -0.1) is 0 Å². The molecule has 1 aliphatic carbocycles. The predicted molar refractivity (Wildman–Crippen MR) is 96.2 cm³/mol. The molecular weight excluding hydrogens is 302 g/mol. The zero-order valence-corrected chi connectivity index (χ0v) is 14.9. The summed E-state index contributed by atoms with van der Waals surface area (Å²) in [5, 5.41) is 0. The van der Waals surface area contributed by atoms with Gasteiger partial charge in [-0.2, -0.15) is 0 Å². The molecular formula is C19H29N3O2. The molecule has 2 aliphatic rings. The Kier molecular flexibility index (Phi) is 5.74. The van der Waals surface area contributed by atoms with Crippen molar-refractivity contribution in [2.75, 3.05) is 58.4 Å². The first-order valence-electron chi connectivity index (χ1n) is 8.96. The minimum Gasteiger partial charge on any atom is -0.378 e. The van der Waals surface area contributed by atoms with E-state index < -0.39 is 0 Å². The molecule has 0 bridgehead atoms. The molecule has 1 amide bonds. The van der Waals surface area contributed by atoms with Gasteiger partial charge in [0.2, 0.25) is 5.91 Å². The molecule has 1 heterocycles. The quantitative estimate of drug-likeness (QED) is 0.764. The normalized spacial score (nSPS) is 18.0. The Hall–Kier alpha value is -1.59. The molecule has 0 spiro atoms. The maximum atomic E-state index is 12.6. The van der Waals surface area contributed by atoms with Gasteiger partial charge in [-0.3, -0.25) is 9.69 Å². The summed E-state index contributed by atoms with van der Waals surface area (Å²) in [5.41, 5.74) is 2.48. The molecule has 3 rings (SSSR count). The molecule has 1 saturated heterocycles. The smallest absolute Gasteiger partial charge is 0.236 e. The summed E-state index contributed by atoms with van der Waals surface area (Å²) in [4.78, 5) is 18.9. The number of amides is 1. The van der Waals surface area contributed by atoms with E-state index in [9.17, 15) is 4.79 Å². The van der Waals surface area contributed by atoms with Crippen LogP contribution in [0.3, 0.4) is 0 Å². The maximum absolute atomic E-state index is 12.6. The minimum atomic E-state index is 0.240. The summed E-state index contributed by atoms with van der Waals surface area (Å²) in [6.45, 7) is 5.19. The lowest BCUT2D eigenvalue weighted by Crippen LogP contribution is -2.46. The van der Waals surface area contributed by atoms with Crippen LogP contribution in [-0.4, -0.2) is 69.2 Å². The zero-order valence-electron chi connectivity index (χ0n) is 14.9. The van der Waals surface area contributed by atoms with Gasteiger partial charge in [0, 0.05) is 46.0 Å². The Morgan fingerprint density at radius 1 is 1.17 bits per heavy atom. The zero-order chi connectivity index (χ0) is 16.9. The topological polar surface area (TPSA) is 36.0 Å². The second kappa shape index (κ2) is 7.99. The molecule has 2 fully saturated rings. The highest BCUT2D eigenvalue weighted by molar-refractivity contribution is 5.78. The lowest BCUT2D eigenvalue weighted by molar-refractivity contribution is -0.136. The summed E-state index contributed by atoms with van der Waals surface area (Å²) in [6.07, 6.45) is 2.61. The third-order valence-corrected chi connectivity index (χ3v) is 4.79. The number of anilines is 1. The summed E-state index contributed by atoms with van der Waals surface area (Å²) in [5.74, 6) is 1.02. The van der Waals surface area contributed by atoms with Crippen molar-refractivity contribution in [3.63, 3.8) is 0 Å². The lowest BCUT2D eigenvalue weighted by Gasteiger charge is -2.30. The van der Waals surface area contributed by atoms with Crippen LogP contribution >= 0.6 is 0 Å². The van der Waals surface area contributed by atoms with E-state index in [4.69, 9.17) is 4.74 Å². The van der Waals surface area contributed by atoms with E-state index in [0.29, 0.717) is 19.8 Å². The molecule has 1 aromatic carbocycles. The molecule has 1 saturated carbocycles. The van der Waals surface area contributed by atoms with Crippen LogP contribution in [0.2, 0.25) is 0 Å². The van der Waals surface area contributed by atoms with Crippen LogP contribution in [-0.2, 0) is 16.1 Å². The van der Waals surface area contributed by atoms with E-state index in [-0.39, 0.29) is 5.91 Å². The highest BCUT2D eigenvalue weighted by Crippen LogP contribution is 2.30. The van der Waals surface area contributed by atoms with E-state index in [1.165, 1.54) is 24.1 Å². The van der Waals surface area contributed by atoms with Crippen LogP contribution in [0.25, 0.3) is 0 Å². The van der Waals surface area contributed by atoms with Crippen LogP contribution < -0.4 is 4.90 Å². The van der Waals surface area contributed by atoms with Gasteiger partial charge in [0.25, 0.3) is 0 Å². The molecule has 24 heavy (non-hydrogen) atoms. The number of hydrogen-bond acceptors (Lipinski definition) is 4. The van der Waals surface area contributed by atoms with E-state index in [1.807, 2.05) is 4.90 Å². The van der Waals surface area contributed by atoms with Crippen molar-refractivity contribution in [1.82, 2.24) is 9.80 Å². The van der Waals surface area contributed by atoms with Crippen molar-refractivity contribution in [3.8, 4) is 0 Å². The van der Waals surface area contributed by atoms with E-state index >= 15 is 0 Å². The first-order chi connectivity index (χ1) is 11.6. The number of carbonyl (C=O) groups is 1. The number of rotatable bonds is 7. The first kappa shape index (κ1) is 17.2. The van der Waals surface area contributed by atoms with Gasteiger partial charge in [0.05, 0.1) is 19.8 Å². The molecule has 0 unspecified atom stereocenters. The van der Waals surface area contributed by atoms with Crippen molar-refractivity contribution >= 4 is 11.6 Å². The van der Waals surface area contributed by atoms with Gasteiger partial charge in [0.15, 0.2) is 0 Å². The average Bonchev–Trinajstić information content (AvgIpc) is 3.40. The predicted octanol–water partition coefficient (Wildman–Crippen LogP) is 1.82. The summed E-state index contributed by atoms with van der Waals surface area (Å²) in [6, 6.07) is 8.64. The number of carbonyl (C=O) groups excluding carboxylic acids is 1. The lowest BCUT2D eigenvalue weighted by atomic mass is 10.1. The summed E-state index contributed by atoms with van der Waals surface area (Å²) < 4.78 is 5.34. The Morgan fingerprint density at radius 2 is 1.83 bits per heavy atom. The molecule has 0 radical (unpaired) electrons. The molecule has 0 aromatic heterocycles. The average molecular weight is 331 g/mol. The number of ether oxygens (including phenoxy) is 1. The second-order valence-corrected chi connectivity index (χ2v) is 7.17. The molecule has 0 atom stereocenters. The number of hydrogen-bond donors (Lipinski definition) is 0. The standard InChI is InChI=1S/C19H29N3O2/c1-20(2)18-7-5-17(6-8-18)14-21(13-16-3-4-16)15-19(23)22-9-11-24-12-10-22/h5-8,16H,3-4,9-15H2,1-2H3. The van der Waals surface area contributed by atoms with Gasteiger partial charge in [-0.25, -0.2) is 0 Å².